The number of imidazole rings is 1. The number of carbonyl (C=O) groups is 1. The Morgan fingerprint density at radius 2 is 1.56 bits per heavy atom. The van der Waals surface area contributed by atoms with Gasteiger partial charge < -0.3 is 9.80 Å². The van der Waals surface area contributed by atoms with E-state index >= 15 is 0 Å². The van der Waals surface area contributed by atoms with Crippen molar-refractivity contribution in [2.24, 2.45) is 14.1 Å². The summed E-state index contributed by atoms with van der Waals surface area (Å²) in [7, 11) is -0.590. The van der Waals surface area contributed by atoms with Crippen LogP contribution in [-0.4, -0.2) is 60.3 Å². The Morgan fingerprint density at radius 1 is 0.906 bits per heavy atom. The molecular weight excluding hydrogens is 428 g/mol. The summed E-state index contributed by atoms with van der Waals surface area (Å²) in [6.45, 7) is 6.40. The van der Waals surface area contributed by atoms with Crippen molar-refractivity contribution in [3.63, 3.8) is 0 Å². The second-order valence-electron chi connectivity index (χ2n) is 8.47. The van der Waals surface area contributed by atoms with Crippen molar-refractivity contribution in [1.29, 1.82) is 0 Å². The van der Waals surface area contributed by atoms with Crippen LogP contribution in [0, 0.1) is 13.8 Å². The van der Waals surface area contributed by atoms with E-state index in [0.717, 1.165) is 5.69 Å². The highest BCUT2D eigenvalue weighted by Gasteiger charge is 2.27. The molecule has 1 aliphatic rings. The number of aromatic nitrogens is 2. The van der Waals surface area contributed by atoms with E-state index in [1.54, 1.807) is 25.1 Å². The molecule has 0 unspecified atom stereocenters. The molecule has 0 radical (unpaired) electrons. The molecule has 170 valence electrons. The zero-order chi connectivity index (χ0) is 23.2. The predicted octanol–water partition coefficient (Wildman–Crippen LogP) is 1.62. The fourth-order valence-electron chi connectivity index (χ4n) is 4.27. The van der Waals surface area contributed by atoms with Crippen LogP contribution in [0.15, 0.2) is 46.1 Å². The molecule has 0 aliphatic carbocycles. The Kier molecular flexibility index (Phi) is 5.62. The number of aryl methyl sites for hydroxylation is 4. The maximum Gasteiger partial charge on any atom is 0.328 e. The summed E-state index contributed by atoms with van der Waals surface area (Å²) in [5, 5.41) is 0. The van der Waals surface area contributed by atoms with Gasteiger partial charge in [-0.1, -0.05) is 12.1 Å². The van der Waals surface area contributed by atoms with E-state index in [2.05, 4.69) is 36.9 Å². The number of piperazine rings is 1. The molecule has 0 spiro atoms. The van der Waals surface area contributed by atoms with Crippen molar-refractivity contribution in [1.82, 2.24) is 14.0 Å². The minimum absolute atomic E-state index is 0.0496. The van der Waals surface area contributed by atoms with E-state index in [-0.39, 0.29) is 10.6 Å². The van der Waals surface area contributed by atoms with Crippen molar-refractivity contribution in [3.05, 3.63) is 58.0 Å². The molecule has 1 fully saturated rings. The van der Waals surface area contributed by atoms with E-state index < -0.39 is 21.5 Å². The van der Waals surface area contributed by atoms with Crippen LogP contribution in [0.2, 0.25) is 0 Å². The summed E-state index contributed by atoms with van der Waals surface area (Å²) < 4.78 is 28.8. The zero-order valence-electron chi connectivity index (χ0n) is 18.8. The molecule has 32 heavy (non-hydrogen) atoms. The summed E-state index contributed by atoms with van der Waals surface area (Å²) in [4.78, 5) is 28.8. The molecule has 4 rings (SSSR count). The maximum absolute atomic E-state index is 12.9. The standard InChI is InChI=1S/C23H28N4O4S/c1-16-5-6-17(2)20(13-16)26-9-11-27(12-10-26)22(28)15-32(30,31)18-7-8-19-21(14-18)25(4)23(29)24(19)3/h5-8,13-14H,9-12,15H2,1-4H3. The number of nitrogens with zero attached hydrogens (tertiary/aromatic N) is 4. The Morgan fingerprint density at radius 3 is 2.25 bits per heavy atom. The molecule has 9 heteroatoms. The van der Waals surface area contributed by atoms with E-state index in [4.69, 9.17) is 0 Å². The number of fused-ring (bicyclic) bond motifs is 1. The topological polar surface area (TPSA) is 84.6 Å². The fraction of sp³-hybridized carbons (Fsp3) is 0.391. The van der Waals surface area contributed by atoms with Gasteiger partial charge in [-0.2, -0.15) is 0 Å². The quantitative estimate of drug-likeness (QED) is 0.596. The first-order valence-electron chi connectivity index (χ1n) is 10.6. The molecule has 1 amide bonds. The number of carbonyl (C=O) groups excluding carboxylic acids is 1. The van der Waals surface area contributed by atoms with Gasteiger partial charge in [0.2, 0.25) is 5.91 Å². The highest BCUT2D eigenvalue weighted by molar-refractivity contribution is 7.92. The van der Waals surface area contributed by atoms with Gasteiger partial charge in [0.05, 0.1) is 15.9 Å². The molecule has 2 heterocycles. The van der Waals surface area contributed by atoms with Gasteiger partial charge in [0, 0.05) is 46.0 Å². The maximum atomic E-state index is 12.9. The Balaban J connectivity index is 1.47. The molecule has 1 saturated heterocycles. The Hall–Kier alpha value is -3.07. The molecule has 0 saturated carbocycles. The summed E-state index contributed by atoms with van der Waals surface area (Å²) in [5.41, 5.74) is 4.46. The van der Waals surface area contributed by atoms with Gasteiger partial charge in [-0.05, 0) is 49.2 Å². The third-order valence-corrected chi connectivity index (χ3v) is 7.85. The van der Waals surface area contributed by atoms with Crippen molar-refractivity contribution in [2.45, 2.75) is 18.7 Å². The first-order chi connectivity index (χ1) is 15.1. The van der Waals surface area contributed by atoms with Gasteiger partial charge in [0.15, 0.2) is 9.84 Å². The average molecular weight is 457 g/mol. The summed E-state index contributed by atoms with van der Waals surface area (Å²) in [6.07, 6.45) is 0. The van der Waals surface area contributed by atoms with Crippen molar-refractivity contribution < 1.29 is 13.2 Å². The number of benzene rings is 2. The lowest BCUT2D eigenvalue weighted by Crippen LogP contribution is -2.50. The van der Waals surface area contributed by atoms with Gasteiger partial charge in [-0.3, -0.25) is 13.9 Å². The average Bonchev–Trinajstić information content (AvgIpc) is 2.99. The van der Waals surface area contributed by atoms with Crippen LogP contribution in [0.3, 0.4) is 0 Å². The molecule has 3 aromatic rings. The van der Waals surface area contributed by atoms with Gasteiger partial charge in [-0.15, -0.1) is 0 Å². The van der Waals surface area contributed by atoms with E-state index in [0.29, 0.717) is 37.2 Å². The largest absolute Gasteiger partial charge is 0.368 e. The Labute approximate surface area is 187 Å². The van der Waals surface area contributed by atoms with Crippen molar-refractivity contribution in [3.8, 4) is 0 Å². The minimum Gasteiger partial charge on any atom is -0.368 e. The summed E-state index contributed by atoms with van der Waals surface area (Å²) in [6, 6.07) is 10.9. The zero-order valence-corrected chi connectivity index (χ0v) is 19.6. The number of anilines is 1. The molecule has 1 aliphatic heterocycles. The normalized spacial score (nSPS) is 14.9. The number of hydrogen-bond acceptors (Lipinski definition) is 5. The molecule has 0 N–H and O–H groups in total. The van der Waals surface area contributed by atoms with Gasteiger partial charge in [0.1, 0.15) is 5.75 Å². The smallest absolute Gasteiger partial charge is 0.328 e. The third-order valence-electron chi connectivity index (χ3n) is 6.25. The second-order valence-corrected chi connectivity index (χ2v) is 10.5. The van der Waals surface area contributed by atoms with Gasteiger partial charge >= 0.3 is 5.69 Å². The SMILES string of the molecule is Cc1ccc(C)c(N2CCN(C(=O)CS(=O)(=O)c3ccc4c(c3)n(C)c(=O)n4C)CC2)c1. The van der Waals surface area contributed by atoms with Crippen LogP contribution in [0.1, 0.15) is 11.1 Å². The van der Waals surface area contributed by atoms with E-state index in [1.165, 1.54) is 32.4 Å². The number of hydrogen-bond donors (Lipinski definition) is 0. The number of amides is 1. The Bertz CT molecular complexity index is 1360. The molecule has 2 aromatic carbocycles. The van der Waals surface area contributed by atoms with Crippen molar-refractivity contribution >= 4 is 32.5 Å². The van der Waals surface area contributed by atoms with Crippen LogP contribution < -0.4 is 10.6 Å². The third kappa shape index (κ3) is 3.92. The molecule has 0 atom stereocenters. The lowest BCUT2D eigenvalue weighted by Gasteiger charge is -2.37. The van der Waals surface area contributed by atoms with Gasteiger partial charge in [-0.25, -0.2) is 13.2 Å². The van der Waals surface area contributed by atoms with E-state index in [9.17, 15) is 18.0 Å². The minimum atomic E-state index is -3.83. The van der Waals surface area contributed by atoms with E-state index in [1.807, 2.05) is 0 Å². The first kappa shape index (κ1) is 22.1. The van der Waals surface area contributed by atoms with Crippen molar-refractivity contribution in [2.75, 3.05) is 36.8 Å². The van der Waals surface area contributed by atoms with Crippen LogP contribution in [0.25, 0.3) is 11.0 Å². The van der Waals surface area contributed by atoms with Crippen LogP contribution in [0.5, 0.6) is 0 Å². The highest BCUT2D eigenvalue weighted by atomic mass is 32.2. The van der Waals surface area contributed by atoms with Crippen LogP contribution in [-0.2, 0) is 28.7 Å². The predicted molar refractivity (Wildman–Crippen MR) is 125 cm³/mol. The van der Waals surface area contributed by atoms with Crippen LogP contribution >= 0.6 is 0 Å². The first-order valence-corrected chi connectivity index (χ1v) is 12.2. The fourth-order valence-corrected chi connectivity index (χ4v) is 5.52. The highest BCUT2D eigenvalue weighted by Crippen LogP contribution is 2.23. The lowest BCUT2D eigenvalue weighted by molar-refractivity contribution is -0.128. The monoisotopic (exact) mass is 456 g/mol. The molecular formula is C23H28N4O4S. The molecule has 8 nitrogen and oxygen atoms in total. The second kappa shape index (κ2) is 8.12. The molecule has 0 bridgehead atoms. The summed E-state index contributed by atoms with van der Waals surface area (Å²) in [5.74, 6) is -0.976. The van der Waals surface area contributed by atoms with Gasteiger partial charge in [0.25, 0.3) is 0 Å². The molecule has 1 aromatic heterocycles. The number of rotatable bonds is 4. The summed E-state index contributed by atoms with van der Waals surface area (Å²) >= 11 is 0. The number of sulfone groups is 1. The lowest BCUT2D eigenvalue weighted by atomic mass is 10.1. The van der Waals surface area contributed by atoms with Crippen LogP contribution in [0.4, 0.5) is 5.69 Å².